The van der Waals surface area contributed by atoms with Gasteiger partial charge >= 0.3 is 39.5 Å². The predicted octanol–water partition coefficient (Wildman–Crippen LogP) is 25.8. The number of rotatable bonds is 84. The van der Waals surface area contributed by atoms with Gasteiger partial charge in [0, 0.05) is 25.7 Å². The van der Waals surface area contributed by atoms with Crippen LogP contribution in [0.15, 0.2) is 0 Å². The van der Waals surface area contributed by atoms with Gasteiger partial charge in [-0.15, -0.1) is 0 Å². The van der Waals surface area contributed by atoms with Gasteiger partial charge in [0.1, 0.15) is 19.3 Å². The van der Waals surface area contributed by atoms with E-state index in [2.05, 4.69) is 41.5 Å². The monoisotopic (exact) mass is 1520 g/mol. The first-order chi connectivity index (χ1) is 50.4. The smallest absolute Gasteiger partial charge is 0.462 e. The second-order valence-corrected chi connectivity index (χ2v) is 34.0. The van der Waals surface area contributed by atoms with E-state index in [4.69, 9.17) is 37.0 Å². The van der Waals surface area contributed by atoms with Crippen molar-refractivity contribution in [2.45, 2.75) is 471 Å². The Hall–Kier alpha value is -1.94. The van der Waals surface area contributed by atoms with Crippen molar-refractivity contribution in [3.05, 3.63) is 0 Å². The molecule has 3 N–H and O–H groups in total. The van der Waals surface area contributed by atoms with Crippen LogP contribution in [0.3, 0.4) is 0 Å². The van der Waals surface area contributed by atoms with Gasteiger partial charge in [0.15, 0.2) is 12.2 Å². The van der Waals surface area contributed by atoms with Gasteiger partial charge in [-0.3, -0.25) is 37.3 Å². The van der Waals surface area contributed by atoms with Gasteiger partial charge in [0.05, 0.1) is 26.4 Å². The Morgan fingerprint density at radius 1 is 0.269 bits per heavy atom. The minimum Gasteiger partial charge on any atom is -0.462 e. The van der Waals surface area contributed by atoms with E-state index in [9.17, 15) is 43.2 Å². The first kappa shape index (κ1) is 102. The molecule has 19 heteroatoms. The van der Waals surface area contributed by atoms with Crippen LogP contribution in [0.1, 0.15) is 452 Å². The van der Waals surface area contributed by atoms with Gasteiger partial charge in [-0.2, -0.15) is 0 Å². The summed E-state index contributed by atoms with van der Waals surface area (Å²) < 4.78 is 68.8. The first-order valence-corrected chi connectivity index (χ1v) is 47.1. The Labute approximate surface area is 638 Å². The maximum Gasteiger partial charge on any atom is 0.472 e. The fourth-order valence-corrected chi connectivity index (χ4v) is 14.8. The third-order valence-electron chi connectivity index (χ3n) is 20.7. The van der Waals surface area contributed by atoms with E-state index in [1.807, 2.05) is 0 Å². The van der Waals surface area contributed by atoms with Crippen molar-refractivity contribution in [2.24, 2.45) is 11.8 Å². The number of aliphatic hydroxyl groups is 1. The number of aliphatic hydroxyl groups excluding tert-OH is 1. The molecule has 0 rings (SSSR count). The molecular weight excluding hydrogens is 1350 g/mol. The molecule has 0 aliphatic heterocycles. The first-order valence-electron chi connectivity index (χ1n) is 44.1. The highest BCUT2D eigenvalue weighted by Crippen LogP contribution is 2.45. The second kappa shape index (κ2) is 76.4. The summed E-state index contributed by atoms with van der Waals surface area (Å²) in [5, 5.41) is 10.7. The molecule has 0 radical (unpaired) electrons. The van der Waals surface area contributed by atoms with Crippen molar-refractivity contribution in [1.82, 2.24) is 0 Å². The van der Waals surface area contributed by atoms with Crippen molar-refractivity contribution in [3.8, 4) is 0 Å². The van der Waals surface area contributed by atoms with Crippen molar-refractivity contribution in [3.63, 3.8) is 0 Å². The van der Waals surface area contributed by atoms with Crippen LogP contribution in [0, 0.1) is 11.8 Å². The molecule has 0 heterocycles. The van der Waals surface area contributed by atoms with E-state index in [0.29, 0.717) is 25.7 Å². The lowest BCUT2D eigenvalue weighted by Crippen LogP contribution is -2.30. The molecule has 618 valence electrons. The van der Waals surface area contributed by atoms with E-state index in [1.165, 1.54) is 263 Å². The number of phosphoric acid groups is 2. The number of hydrogen-bond acceptors (Lipinski definition) is 15. The summed E-state index contributed by atoms with van der Waals surface area (Å²) >= 11 is 0. The van der Waals surface area contributed by atoms with Crippen LogP contribution in [-0.4, -0.2) is 96.7 Å². The molecule has 0 amide bonds. The number of phosphoric ester groups is 2. The Morgan fingerprint density at radius 3 is 0.683 bits per heavy atom. The SMILES string of the molecule is CCCCCCCCCCCCCCCCCCCC(=O)OC[C@H](COP(=O)(O)OC[C@@H](O)COP(=O)(O)OC[C@@H](COC(=O)CCCCCCCCC(C)CC)OC(=O)CCCCCCCCCCCCCCCCC)OC(=O)CCCCCCCCCCCCCCCCCCCCC(C)CC. The highest BCUT2D eigenvalue weighted by molar-refractivity contribution is 7.47. The van der Waals surface area contributed by atoms with Gasteiger partial charge in [0.25, 0.3) is 0 Å². The maximum atomic E-state index is 13.1. The fraction of sp³-hybridized carbons (Fsp3) is 0.953. The molecule has 0 aromatic carbocycles. The van der Waals surface area contributed by atoms with Crippen molar-refractivity contribution in [2.75, 3.05) is 39.6 Å². The molecular formula is C85H166O17P2. The van der Waals surface area contributed by atoms with E-state index in [1.54, 1.807) is 0 Å². The predicted molar refractivity (Wildman–Crippen MR) is 428 cm³/mol. The van der Waals surface area contributed by atoms with Gasteiger partial charge in [-0.25, -0.2) is 9.13 Å². The third kappa shape index (κ3) is 75.5. The molecule has 17 nitrogen and oxygen atoms in total. The summed E-state index contributed by atoms with van der Waals surface area (Å²) in [5.41, 5.74) is 0. The van der Waals surface area contributed by atoms with E-state index in [0.717, 1.165) is 108 Å². The molecule has 0 saturated heterocycles. The fourth-order valence-electron chi connectivity index (χ4n) is 13.2. The summed E-state index contributed by atoms with van der Waals surface area (Å²) in [7, 11) is -9.93. The lowest BCUT2D eigenvalue weighted by molar-refractivity contribution is -0.161. The molecule has 0 aromatic heterocycles. The van der Waals surface area contributed by atoms with Crippen LogP contribution >= 0.6 is 15.6 Å². The number of unbranched alkanes of at least 4 members (excludes halogenated alkanes) is 52. The maximum absolute atomic E-state index is 13.1. The Kier molecular flexibility index (Phi) is 75.0. The highest BCUT2D eigenvalue weighted by atomic mass is 31.2. The van der Waals surface area contributed by atoms with Crippen LogP contribution in [-0.2, 0) is 65.4 Å². The third-order valence-corrected chi connectivity index (χ3v) is 22.6. The second-order valence-electron chi connectivity index (χ2n) is 31.1. The van der Waals surface area contributed by atoms with E-state index < -0.39 is 97.5 Å². The largest absolute Gasteiger partial charge is 0.472 e. The molecule has 7 atom stereocenters. The Morgan fingerprint density at radius 2 is 0.462 bits per heavy atom. The van der Waals surface area contributed by atoms with E-state index >= 15 is 0 Å². The number of esters is 4. The molecule has 0 spiro atoms. The van der Waals surface area contributed by atoms with E-state index in [-0.39, 0.29) is 25.7 Å². The van der Waals surface area contributed by atoms with Gasteiger partial charge in [-0.05, 0) is 37.5 Å². The van der Waals surface area contributed by atoms with Crippen LogP contribution in [0.2, 0.25) is 0 Å². The summed E-state index contributed by atoms with van der Waals surface area (Å²) in [5.74, 6) is -0.502. The average Bonchev–Trinajstić information content (AvgIpc) is 0.907. The molecule has 4 unspecified atom stereocenters. The van der Waals surface area contributed by atoms with Crippen LogP contribution < -0.4 is 0 Å². The molecule has 104 heavy (non-hydrogen) atoms. The summed E-state index contributed by atoms with van der Waals surface area (Å²) in [4.78, 5) is 73.2. The van der Waals surface area contributed by atoms with Gasteiger partial charge in [0.2, 0.25) is 0 Å². The summed E-state index contributed by atoms with van der Waals surface area (Å²) in [6.07, 6.45) is 68.0. The quantitative estimate of drug-likeness (QED) is 0.0222. The van der Waals surface area contributed by atoms with Gasteiger partial charge < -0.3 is 33.8 Å². The van der Waals surface area contributed by atoms with Crippen molar-refractivity contribution in [1.29, 1.82) is 0 Å². The zero-order valence-electron chi connectivity index (χ0n) is 68.3. The van der Waals surface area contributed by atoms with Crippen LogP contribution in [0.5, 0.6) is 0 Å². The molecule has 0 aliphatic carbocycles. The molecule has 0 bridgehead atoms. The Balaban J connectivity index is 5.22. The zero-order chi connectivity index (χ0) is 76.4. The number of carbonyl (C=O) groups is 4. The van der Waals surface area contributed by atoms with Crippen molar-refractivity contribution < 1.29 is 80.2 Å². The minimum absolute atomic E-state index is 0.108. The summed E-state index contributed by atoms with van der Waals surface area (Å²) in [6, 6.07) is 0. The van der Waals surface area contributed by atoms with Crippen LogP contribution in [0.25, 0.3) is 0 Å². The minimum atomic E-state index is -4.97. The molecule has 0 aromatic rings. The highest BCUT2D eigenvalue weighted by Gasteiger charge is 2.30. The van der Waals surface area contributed by atoms with Gasteiger partial charge in [-0.1, -0.05) is 401 Å². The standard InChI is InChI=1S/C85H166O17P2/c1-7-11-13-15-17-19-21-23-25-28-33-36-40-44-48-55-61-67-82(87)95-73-80(101-84(89)69-64-58-50-46-42-38-34-30-27-26-29-32-35-39-43-47-53-59-65-77(5)9-3)75-99-103(91,92)97-71-79(86)72-98-104(93,94)100-76-81(74-96-83(88)68-62-56-52-51-54-60-66-78(6)10-4)102-85(90)70-63-57-49-45-41-37-31-24-22-20-18-16-14-12-8-2/h77-81,86H,7-76H2,1-6H3,(H,91,92)(H,93,94)/t77?,78?,79-,80-,81-/m1/s1. The molecule has 0 fully saturated rings. The summed E-state index contributed by atoms with van der Waals surface area (Å²) in [6.45, 7) is 9.69. The average molecular weight is 1520 g/mol. The lowest BCUT2D eigenvalue weighted by Gasteiger charge is -2.21. The topological polar surface area (TPSA) is 237 Å². The van der Waals surface area contributed by atoms with Crippen LogP contribution in [0.4, 0.5) is 0 Å². The molecule has 0 aliphatic rings. The van der Waals surface area contributed by atoms with Crippen molar-refractivity contribution >= 4 is 39.5 Å². The zero-order valence-corrected chi connectivity index (χ0v) is 70.1. The number of ether oxygens (including phenoxy) is 4. The normalized spacial score (nSPS) is 14.4. The molecule has 0 saturated carbocycles. The lowest BCUT2D eigenvalue weighted by atomic mass is 9.99. The number of hydrogen-bond donors (Lipinski definition) is 3. The Bertz CT molecular complexity index is 2000. The number of carbonyl (C=O) groups excluding carboxylic acids is 4.